The summed E-state index contributed by atoms with van der Waals surface area (Å²) in [5.41, 5.74) is 16.5. The molecule has 0 aliphatic rings. The lowest BCUT2D eigenvalue weighted by Crippen LogP contribution is -1.86. The van der Waals surface area contributed by atoms with Gasteiger partial charge in [0, 0.05) is 0 Å². The molecule has 0 N–H and O–H groups in total. The van der Waals surface area contributed by atoms with Crippen LogP contribution >= 0.6 is 0 Å². The van der Waals surface area contributed by atoms with Gasteiger partial charge >= 0.3 is 0 Å². The second-order valence-corrected chi connectivity index (χ2v) is 10.4. The van der Waals surface area contributed by atoms with Gasteiger partial charge in [-0.3, -0.25) is 0 Å². The molecule has 0 fully saturated rings. The molecule has 4 aromatic rings. The second kappa shape index (κ2) is 15.1. The summed E-state index contributed by atoms with van der Waals surface area (Å²) in [6.45, 7) is 25.6. The first-order chi connectivity index (χ1) is 16.8. The molecule has 4 aromatic carbocycles. The van der Waals surface area contributed by atoms with Crippen molar-refractivity contribution in [3.63, 3.8) is 0 Å². The van der Waals surface area contributed by atoms with Crippen LogP contribution in [0.25, 0.3) is 0 Å². The van der Waals surface area contributed by atoms with Gasteiger partial charge in [0.15, 0.2) is 0 Å². The van der Waals surface area contributed by atoms with E-state index in [1.165, 1.54) is 66.8 Å². The molecule has 36 heavy (non-hydrogen) atoms. The maximum absolute atomic E-state index is 2.24. The molecule has 0 saturated carbocycles. The zero-order valence-electron chi connectivity index (χ0n) is 24.9. The van der Waals surface area contributed by atoms with E-state index >= 15 is 0 Å². The quantitative estimate of drug-likeness (QED) is 0.235. The predicted molar refractivity (Wildman–Crippen MR) is 163 cm³/mol. The maximum Gasteiger partial charge on any atom is -0.0395 e. The molecule has 0 atom stereocenters. The Kier molecular flexibility index (Phi) is 13.0. The van der Waals surface area contributed by atoms with Crippen LogP contribution in [-0.2, 0) is 0 Å². The normalized spacial score (nSPS) is 9.67. The SMILES string of the molecule is Cc1cc(C)c(C)cc1C.Cc1cc(C)cc(C)c1.Cc1ccc(C)c(C)c1.Cc1ccccc1C. The molecule has 0 unspecified atom stereocenters. The van der Waals surface area contributed by atoms with E-state index in [4.69, 9.17) is 0 Å². The Balaban J connectivity index is 0.000000241. The fourth-order valence-electron chi connectivity index (χ4n) is 3.86. The lowest BCUT2D eigenvalue weighted by Gasteiger charge is -2.04. The average Bonchev–Trinajstić information content (AvgIpc) is 2.78. The van der Waals surface area contributed by atoms with Crippen LogP contribution in [0, 0.1) is 83.1 Å². The molecule has 0 heterocycles. The molecule has 0 heteroatoms. The summed E-state index contributed by atoms with van der Waals surface area (Å²) >= 11 is 0. The molecule has 0 nitrogen and oxygen atoms in total. The zero-order chi connectivity index (χ0) is 27.4. The summed E-state index contributed by atoms with van der Waals surface area (Å²) in [4.78, 5) is 0. The summed E-state index contributed by atoms with van der Waals surface area (Å²) in [6.07, 6.45) is 0. The topological polar surface area (TPSA) is 0 Å². The summed E-state index contributed by atoms with van der Waals surface area (Å²) in [5.74, 6) is 0. The second-order valence-electron chi connectivity index (χ2n) is 10.4. The van der Waals surface area contributed by atoms with Gasteiger partial charge in [0.25, 0.3) is 0 Å². The fourth-order valence-corrected chi connectivity index (χ4v) is 3.86. The minimum absolute atomic E-state index is 1.35. The Hall–Kier alpha value is -3.12. The van der Waals surface area contributed by atoms with E-state index in [1.807, 2.05) is 0 Å². The third kappa shape index (κ3) is 11.5. The number of hydrogen-bond donors (Lipinski definition) is 0. The Morgan fingerprint density at radius 1 is 0.250 bits per heavy atom. The van der Waals surface area contributed by atoms with E-state index < -0.39 is 0 Å². The van der Waals surface area contributed by atoms with Gasteiger partial charge in [-0.1, -0.05) is 95.1 Å². The van der Waals surface area contributed by atoms with Crippen LogP contribution in [0.5, 0.6) is 0 Å². The Bertz CT molecular complexity index is 1120. The number of rotatable bonds is 0. The van der Waals surface area contributed by atoms with Crippen LogP contribution in [0.2, 0.25) is 0 Å². The monoisotopic (exact) mass is 480 g/mol. The van der Waals surface area contributed by atoms with E-state index in [2.05, 4.69) is 156 Å². The first kappa shape index (κ1) is 30.9. The van der Waals surface area contributed by atoms with Crippen LogP contribution < -0.4 is 0 Å². The molecular formula is C36H48. The maximum atomic E-state index is 2.24. The smallest absolute Gasteiger partial charge is 0.0395 e. The van der Waals surface area contributed by atoms with Crippen molar-refractivity contribution in [2.45, 2.75) is 83.1 Å². The van der Waals surface area contributed by atoms with Crippen molar-refractivity contribution in [3.05, 3.63) is 140 Å². The zero-order valence-corrected chi connectivity index (χ0v) is 24.9. The van der Waals surface area contributed by atoms with Gasteiger partial charge in [-0.2, -0.15) is 0 Å². The van der Waals surface area contributed by atoms with Crippen molar-refractivity contribution in [1.29, 1.82) is 0 Å². The molecule has 4 rings (SSSR count). The van der Waals surface area contributed by atoms with Crippen LogP contribution in [0.4, 0.5) is 0 Å². The van der Waals surface area contributed by atoms with E-state index in [9.17, 15) is 0 Å². The molecule has 0 radical (unpaired) electrons. The molecule has 0 aliphatic carbocycles. The van der Waals surface area contributed by atoms with Crippen molar-refractivity contribution in [2.75, 3.05) is 0 Å². The Labute approximate surface area is 222 Å². The first-order valence-electron chi connectivity index (χ1n) is 13.0. The Morgan fingerprint density at radius 3 is 0.833 bits per heavy atom. The minimum atomic E-state index is 1.35. The van der Waals surface area contributed by atoms with Gasteiger partial charge in [0.05, 0.1) is 0 Å². The Morgan fingerprint density at radius 2 is 0.556 bits per heavy atom. The molecule has 0 bridgehead atoms. The molecule has 0 aromatic heterocycles. The average molecular weight is 481 g/mol. The number of aryl methyl sites for hydroxylation is 12. The van der Waals surface area contributed by atoms with Gasteiger partial charge < -0.3 is 0 Å². The third-order valence-corrected chi connectivity index (χ3v) is 6.56. The number of benzene rings is 4. The summed E-state index contributed by atoms with van der Waals surface area (Å²) in [6, 6.07) is 25.9. The van der Waals surface area contributed by atoms with Gasteiger partial charge in [0.1, 0.15) is 0 Å². The van der Waals surface area contributed by atoms with Crippen LogP contribution in [-0.4, -0.2) is 0 Å². The van der Waals surface area contributed by atoms with Gasteiger partial charge in [-0.15, -0.1) is 0 Å². The molecule has 0 spiro atoms. The van der Waals surface area contributed by atoms with Gasteiger partial charge in [-0.05, 0) is 128 Å². The molecular weight excluding hydrogens is 432 g/mol. The predicted octanol–water partition coefficient (Wildman–Crippen LogP) is 10.4. The summed E-state index contributed by atoms with van der Waals surface area (Å²) in [7, 11) is 0. The van der Waals surface area contributed by atoms with Gasteiger partial charge in [0.2, 0.25) is 0 Å². The van der Waals surface area contributed by atoms with E-state index in [-0.39, 0.29) is 0 Å². The molecule has 0 saturated heterocycles. The van der Waals surface area contributed by atoms with Gasteiger partial charge in [-0.25, -0.2) is 0 Å². The molecule has 0 amide bonds. The van der Waals surface area contributed by atoms with E-state index in [0.29, 0.717) is 0 Å². The van der Waals surface area contributed by atoms with Crippen LogP contribution in [0.1, 0.15) is 66.8 Å². The van der Waals surface area contributed by atoms with Crippen molar-refractivity contribution in [2.24, 2.45) is 0 Å². The van der Waals surface area contributed by atoms with Crippen molar-refractivity contribution in [3.8, 4) is 0 Å². The highest BCUT2D eigenvalue weighted by molar-refractivity contribution is 5.35. The number of hydrogen-bond acceptors (Lipinski definition) is 0. The van der Waals surface area contributed by atoms with E-state index in [0.717, 1.165) is 0 Å². The fraction of sp³-hybridized carbons (Fsp3) is 0.333. The largest absolute Gasteiger partial charge is 0.0620 e. The minimum Gasteiger partial charge on any atom is -0.0620 e. The van der Waals surface area contributed by atoms with E-state index in [1.54, 1.807) is 0 Å². The van der Waals surface area contributed by atoms with Crippen molar-refractivity contribution >= 4 is 0 Å². The molecule has 192 valence electrons. The highest BCUT2D eigenvalue weighted by Gasteiger charge is 1.95. The summed E-state index contributed by atoms with van der Waals surface area (Å²) in [5, 5.41) is 0. The van der Waals surface area contributed by atoms with Crippen molar-refractivity contribution in [1.82, 2.24) is 0 Å². The highest BCUT2D eigenvalue weighted by Crippen LogP contribution is 2.13. The molecule has 0 aliphatic heterocycles. The standard InChI is InChI=1S/C10H14.2C9H12.C8H10/c1-7-5-9(3)10(4)6-8(7)2;1-7-4-8(2)6-9(3)5-7;1-7-4-5-8(2)9(3)6-7;1-7-5-3-4-6-8(7)2/h5-6H,1-4H3;2*4-6H,1-3H3;3-6H,1-2H3. The van der Waals surface area contributed by atoms with Crippen LogP contribution in [0.15, 0.2) is 72.8 Å². The first-order valence-corrected chi connectivity index (χ1v) is 13.0. The highest BCUT2D eigenvalue weighted by atomic mass is 14.0. The third-order valence-electron chi connectivity index (χ3n) is 6.56. The lowest BCUT2D eigenvalue weighted by molar-refractivity contribution is 1.24. The lowest BCUT2D eigenvalue weighted by atomic mass is 10.0. The van der Waals surface area contributed by atoms with Crippen molar-refractivity contribution < 1.29 is 0 Å². The van der Waals surface area contributed by atoms with Crippen LogP contribution in [0.3, 0.4) is 0 Å². The summed E-state index contributed by atoms with van der Waals surface area (Å²) < 4.78 is 0.